The molecule has 0 aromatic heterocycles. The first-order valence-corrected chi connectivity index (χ1v) is 10.4. The van der Waals surface area contributed by atoms with E-state index in [9.17, 15) is 15.0 Å². The van der Waals surface area contributed by atoms with Gasteiger partial charge in [-0.05, 0) is 36.4 Å². The number of carbonyl (C=O) groups is 1. The van der Waals surface area contributed by atoms with Crippen LogP contribution in [0.5, 0.6) is 11.5 Å². The van der Waals surface area contributed by atoms with Gasteiger partial charge in [0, 0.05) is 18.7 Å². The van der Waals surface area contributed by atoms with Crippen LogP contribution in [0.25, 0.3) is 0 Å². The lowest BCUT2D eigenvalue weighted by Crippen LogP contribution is -2.51. The zero-order chi connectivity index (χ0) is 22.6. The van der Waals surface area contributed by atoms with Gasteiger partial charge in [0.1, 0.15) is 36.9 Å². The van der Waals surface area contributed by atoms with Crippen molar-refractivity contribution in [3.63, 3.8) is 0 Å². The van der Waals surface area contributed by atoms with E-state index in [-0.39, 0.29) is 32.2 Å². The Hall–Kier alpha value is -3.39. The Morgan fingerprint density at radius 1 is 0.719 bits per heavy atom. The quantitative estimate of drug-likeness (QED) is 0.378. The first-order chi connectivity index (χ1) is 15.6. The van der Waals surface area contributed by atoms with Crippen LogP contribution in [0, 0.1) is 0 Å². The molecule has 168 valence electrons. The van der Waals surface area contributed by atoms with Crippen molar-refractivity contribution in [2.75, 3.05) is 26.3 Å². The van der Waals surface area contributed by atoms with Crippen molar-refractivity contribution in [1.29, 1.82) is 0 Å². The van der Waals surface area contributed by atoms with Crippen LogP contribution in [0.15, 0.2) is 91.0 Å². The molecule has 0 spiro atoms. The predicted octanol–water partition coefficient (Wildman–Crippen LogP) is 2.51. The van der Waals surface area contributed by atoms with Gasteiger partial charge in [0.2, 0.25) is 0 Å². The minimum Gasteiger partial charge on any atom is -0.491 e. The Morgan fingerprint density at radius 2 is 1.12 bits per heavy atom. The number of nitrogens with zero attached hydrogens (tertiary/aromatic N) is 1. The predicted molar refractivity (Wildman–Crippen MR) is 121 cm³/mol. The van der Waals surface area contributed by atoms with Gasteiger partial charge >= 0.3 is 0 Å². The number of hydrogen-bond donors (Lipinski definition) is 3. The molecule has 0 aliphatic heterocycles. The third-order valence-electron chi connectivity index (χ3n) is 4.53. The fraction of sp³-hybridized carbons (Fsp3) is 0.240. The molecule has 0 unspecified atom stereocenters. The van der Waals surface area contributed by atoms with E-state index in [0.717, 1.165) is 0 Å². The average molecular weight is 437 g/mol. The molecule has 0 heterocycles. The van der Waals surface area contributed by atoms with E-state index >= 15 is 0 Å². The molecule has 2 atom stereocenters. The SMILES string of the molecule is O=C(NN(C[C@H](O)COc1ccccc1)C[C@@H](O)COc1ccccc1)c1ccccc1. The lowest BCUT2D eigenvalue weighted by atomic mass is 10.2. The summed E-state index contributed by atoms with van der Waals surface area (Å²) in [6, 6.07) is 27.1. The normalized spacial score (nSPS) is 12.7. The molecule has 7 nitrogen and oxygen atoms in total. The van der Waals surface area contributed by atoms with Crippen LogP contribution in [-0.2, 0) is 0 Å². The number of nitrogens with one attached hydrogen (secondary N) is 1. The van der Waals surface area contributed by atoms with Crippen molar-refractivity contribution in [3.05, 3.63) is 96.6 Å². The van der Waals surface area contributed by atoms with Gasteiger partial charge in [0.05, 0.1) is 0 Å². The Kier molecular flexibility index (Phi) is 9.06. The van der Waals surface area contributed by atoms with E-state index < -0.39 is 12.2 Å². The summed E-state index contributed by atoms with van der Waals surface area (Å²) in [6.45, 7) is 0.207. The highest BCUT2D eigenvalue weighted by molar-refractivity contribution is 5.93. The number of hydrogen-bond acceptors (Lipinski definition) is 6. The van der Waals surface area contributed by atoms with E-state index in [2.05, 4.69) is 5.43 Å². The largest absolute Gasteiger partial charge is 0.491 e. The Morgan fingerprint density at radius 3 is 1.56 bits per heavy atom. The summed E-state index contributed by atoms with van der Waals surface area (Å²) in [5.74, 6) is 0.948. The molecule has 3 rings (SSSR count). The van der Waals surface area contributed by atoms with Crippen LogP contribution in [0.2, 0.25) is 0 Å². The van der Waals surface area contributed by atoms with E-state index in [0.29, 0.717) is 17.1 Å². The van der Waals surface area contributed by atoms with Crippen LogP contribution >= 0.6 is 0 Å². The van der Waals surface area contributed by atoms with Crippen LogP contribution in [0.1, 0.15) is 10.4 Å². The molecule has 0 saturated carbocycles. The molecule has 7 heteroatoms. The number of benzene rings is 3. The Balaban J connectivity index is 1.57. The number of rotatable bonds is 12. The first kappa shape index (κ1) is 23.3. The summed E-state index contributed by atoms with van der Waals surface area (Å²) in [5.41, 5.74) is 3.23. The van der Waals surface area contributed by atoms with Crippen LogP contribution < -0.4 is 14.9 Å². The summed E-state index contributed by atoms with van der Waals surface area (Å²) in [6.07, 6.45) is -1.79. The number of amides is 1. The van der Waals surface area contributed by atoms with Crippen molar-refractivity contribution in [2.24, 2.45) is 0 Å². The third-order valence-corrected chi connectivity index (χ3v) is 4.53. The second-order valence-electron chi connectivity index (χ2n) is 7.27. The molecule has 3 aromatic carbocycles. The minimum atomic E-state index is -0.895. The molecular weight excluding hydrogens is 408 g/mol. The monoisotopic (exact) mass is 436 g/mol. The average Bonchev–Trinajstić information content (AvgIpc) is 2.83. The van der Waals surface area contributed by atoms with Gasteiger partial charge in [0.15, 0.2) is 0 Å². The molecule has 3 aromatic rings. The van der Waals surface area contributed by atoms with Gasteiger partial charge in [0.25, 0.3) is 5.91 Å². The summed E-state index contributed by atoms with van der Waals surface area (Å²) in [7, 11) is 0. The first-order valence-electron chi connectivity index (χ1n) is 10.4. The number of ether oxygens (including phenoxy) is 2. The van der Waals surface area contributed by atoms with Gasteiger partial charge in [-0.2, -0.15) is 0 Å². The van der Waals surface area contributed by atoms with Crippen LogP contribution in [0.4, 0.5) is 0 Å². The van der Waals surface area contributed by atoms with Gasteiger partial charge < -0.3 is 19.7 Å². The van der Waals surface area contributed by atoms with Crippen LogP contribution in [0.3, 0.4) is 0 Å². The Bertz CT molecular complexity index is 873. The van der Waals surface area contributed by atoms with Crippen molar-refractivity contribution >= 4 is 5.91 Å². The molecular formula is C25H28N2O5. The van der Waals surface area contributed by atoms with Gasteiger partial charge in [-0.1, -0.05) is 54.6 Å². The van der Waals surface area contributed by atoms with Crippen molar-refractivity contribution < 1.29 is 24.5 Å². The zero-order valence-electron chi connectivity index (χ0n) is 17.7. The van der Waals surface area contributed by atoms with E-state index in [1.807, 2.05) is 42.5 Å². The fourth-order valence-electron chi connectivity index (χ4n) is 3.00. The maximum atomic E-state index is 12.6. The maximum Gasteiger partial charge on any atom is 0.265 e. The summed E-state index contributed by atoms with van der Waals surface area (Å²) in [5, 5.41) is 22.4. The number of hydrazine groups is 1. The Labute approximate surface area is 187 Å². The number of carbonyl (C=O) groups excluding carboxylic acids is 1. The van der Waals surface area contributed by atoms with E-state index in [4.69, 9.17) is 9.47 Å². The molecule has 3 N–H and O–H groups in total. The standard InChI is InChI=1S/C25H28N2O5/c28-21(18-31-23-12-6-2-7-13-23)16-27(26-25(30)20-10-4-1-5-11-20)17-22(29)19-32-24-14-8-3-9-15-24/h1-15,21-22,28-29H,16-19H2,(H,26,30)/t21-,22+. The van der Waals surface area contributed by atoms with E-state index in [1.54, 1.807) is 48.5 Å². The minimum absolute atomic E-state index is 0.0400. The highest BCUT2D eigenvalue weighted by Gasteiger charge is 2.19. The highest BCUT2D eigenvalue weighted by Crippen LogP contribution is 2.10. The molecule has 0 aliphatic rings. The third kappa shape index (κ3) is 8.03. The number of aliphatic hydroxyl groups excluding tert-OH is 2. The highest BCUT2D eigenvalue weighted by atomic mass is 16.5. The van der Waals surface area contributed by atoms with Gasteiger partial charge in [-0.3, -0.25) is 10.2 Å². The van der Waals surface area contributed by atoms with E-state index in [1.165, 1.54) is 5.01 Å². The lowest BCUT2D eigenvalue weighted by molar-refractivity contribution is 0.0105. The molecule has 1 amide bonds. The topological polar surface area (TPSA) is 91.3 Å². The van der Waals surface area contributed by atoms with Crippen molar-refractivity contribution in [3.8, 4) is 11.5 Å². The molecule has 0 saturated heterocycles. The second-order valence-corrected chi connectivity index (χ2v) is 7.27. The molecule has 0 bridgehead atoms. The maximum absolute atomic E-state index is 12.6. The molecule has 0 aliphatic carbocycles. The molecule has 32 heavy (non-hydrogen) atoms. The molecule has 0 fully saturated rings. The molecule has 0 radical (unpaired) electrons. The van der Waals surface area contributed by atoms with Crippen LogP contribution in [-0.4, -0.2) is 59.6 Å². The summed E-state index contributed by atoms with van der Waals surface area (Å²) >= 11 is 0. The van der Waals surface area contributed by atoms with Gasteiger partial charge in [-0.25, -0.2) is 5.01 Å². The summed E-state index contributed by atoms with van der Waals surface area (Å²) in [4.78, 5) is 12.6. The van der Waals surface area contributed by atoms with Crippen molar-refractivity contribution in [2.45, 2.75) is 12.2 Å². The zero-order valence-corrected chi connectivity index (χ0v) is 17.7. The van der Waals surface area contributed by atoms with Gasteiger partial charge in [-0.15, -0.1) is 0 Å². The number of para-hydroxylation sites is 2. The van der Waals surface area contributed by atoms with Crippen molar-refractivity contribution in [1.82, 2.24) is 10.4 Å². The number of aliphatic hydroxyl groups is 2. The fourth-order valence-corrected chi connectivity index (χ4v) is 3.00. The smallest absolute Gasteiger partial charge is 0.265 e. The lowest BCUT2D eigenvalue weighted by Gasteiger charge is -2.27. The summed E-state index contributed by atoms with van der Waals surface area (Å²) < 4.78 is 11.2. The second kappa shape index (κ2) is 12.5.